The van der Waals surface area contributed by atoms with Crippen molar-refractivity contribution >= 4 is 22.4 Å². The van der Waals surface area contributed by atoms with Gasteiger partial charge in [-0.3, -0.25) is 0 Å². The van der Waals surface area contributed by atoms with Crippen LogP contribution in [0.25, 0.3) is 6.08 Å². The fourth-order valence-electron chi connectivity index (χ4n) is 5.22. The number of nitrogens with zero attached hydrogens (tertiary/aromatic N) is 1. The van der Waals surface area contributed by atoms with E-state index in [-0.39, 0.29) is 0 Å². The zero-order valence-electron chi connectivity index (χ0n) is 10.7. The first kappa shape index (κ1) is 11.0. The Morgan fingerprint density at radius 3 is 2.17 bits per heavy atom. The third kappa shape index (κ3) is 1.43. The smallest absolute Gasteiger partial charge is 0.117 e. The molecule has 0 aliphatic heterocycles. The number of thiazole rings is 1. The van der Waals surface area contributed by atoms with Crippen molar-refractivity contribution in [3.63, 3.8) is 0 Å². The molecule has 0 spiro atoms. The van der Waals surface area contributed by atoms with Gasteiger partial charge in [0.25, 0.3) is 0 Å². The van der Waals surface area contributed by atoms with Gasteiger partial charge in [0.2, 0.25) is 0 Å². The Morgan fingerprint density at radius 2 is 1.72 bits per heavy atom. The summed E-state index contributed by atoms with van der Waals surface area (Å²) in [7, 11) is 0. The summed E-state index contributed by atoms with van der Waals surface area (Å²) in [6, 6.07) is 0. The molecule has 0 amide bonds. The Morgan fingerprint density at radius 1 is 1.17 bits per heavy atom. The molecule has 4 aliphatic carbocycles. The average molecular weight is 260 g/mol. The van der Waals surface area contributed by atoms with Gasteiger partial charge in [0, 0.05) is 5.41 Å². The molecule has 96 valence electrons. The lowest BCUT2D eigenvalue weighted by atomic mass is 9.49. The van der Waals surface area contributed by atoms with Gasteiger partial charge in [-0.05, 0) is 62.4 Å². The van der Waals surface area contributed by atoms with Gasteiger partial charge in [0.05, 0.1) is 5.69 Å². The molecule has 2 nitrogen and oxygen atoms in total. The number of rotatable bonds is 2. The van der Waals surface area contributed by atoms with Crippen molar-refractivity contribution in [2.75, 3.05) is 5.73 Å². The molecule has 0 atom stereocenters. The maximum absolute atomic E-state index is 6.25. The molecule has 2 N–H and O–H groups in total. The summed E-state index contributed by atoms with van der Waals surface area (Å²) >= 11 is 1.61. The van der Waals surface area contributed by atoms with E-state index in [1.807, 2.05) is 6.08 Å². The second-order valence-electron chi connectivity index (χ2n) is 6.67. The van der Waals surface area contributed by atoms with Gasteiger partial charge in [-0.25, -0.2) is 4.98 Å². The molecule has 4 aliphatic rings. The second kappa shape index (κ2) is 3.60. The summed E-state index contributed by atoms with van der Waals surface area (Å²) in [5.74, 6) is 2.85. The van der Waals surface area contributed by atoms with Gasteiger partial charge in [-0.15, -0.1) is 0 Å². The Kier molecular flexibility index (Phi) is 2.20. The number of nitrogen functional groups attached to an aromatic ring is 1. The lowest BCUT2D eigenvalue weighted by Gasteiger charge is -2.56. The SMILES string of the molecule is C=Cc1nc(C23CC4CC(CC(C4)C2)C3)c(N)s1. The summed E-state index contributed by atoms with van der Waals surface area (Å²) in [4.78, 5) is 4.79. The van der Waals surface area contributed by atoms with E-state index >= 15 is 0 Å². The Labute approximate surface area is 112 Å². The van der Waals surface area contributed by atoms with Crippen molar-refractivity contribution in [1.82, 2.24) is 4.98 Å². The standard InChI is InChI=1S/C15H20N2S/c1-2-12-17-13(14(16)18-12)15-6-9-3-10(7-15)5-11(4-9)8-15/h2,9-11H,1,3-8,16H2. The van der Waals surface area contributed by atoms with Crippen molar-refractivity contribution in [2.45, 2.75) is 43.9 Å². The molecule has 5 rings (SSSR count). The van der Waals surface area contributed by atoms with Crippen LogP contribution in [0.4, 0.5) is 5.00 Å². The minimum atomic E-state index is 0.330. The number of hydrogen-bond acceptors (Lipinski definition) is 3. The predicted molar refractivity (Wildman–Crippen MR) is 76.5 cm³/mol. The van der Waals surface area contributed by atoms with Crippen molar-refractivity contribution in [1.29, 1.82) is 0 Å². The maximum Gasteiger partial charge on any atom is 0.117 e. The van der Waals surface area contributed by atoms with Gasteiger partial charge in [0.1, 0.15) is 10.0 Å². The maximum atomic E-state index is 6.25. The summed E-state index contributed by atoms with van der Waals surface area (Å²) in [5, 5.41) is 1.95. The van der Waals surface area contributed by atoms with E-state index in [0.29, 0.717) is 5.41 Å². The quantitative estimate of drug-likeness (QED) is 0.877. The monoisotopic (exact) mass is 260 g/mol. The molecule has 1 aromatic rings. The third-order valence-corrected chi connectivity index (χ3v) is 6.27. The topological polar surface area (TPSA) is 38.9 Å². The Balaban J connectivity index is 1.78. The summed E-state index contributed by atoms with van der Waals surface area (Å²) in [6.07, 6.45) is 10.3. The largest absolute Gasteiger partial charge is 0.389 e. The number of hydrogen-bond donors (Lipinski definition) is 1. The molecule has 18 heavy (non-hydrogen) atoms. The van der Waals surface area contributed by atoms with Crippen molar-refractivity contribution in [3.8, 4) is 0 Å². The first-order valence-electron chi connectivity index (χ1n) is 7.08. The average Bonchev–Trinajstić information content (AvgIpc) is 2.69. The van der Waals surface area contributed by atoms with Crippen LogP contribution in [0.3, 0.4) is 0 Å². The lowest BCUT2D eigenvalue weighted by Crippen LogP contribution is -2.49. The van der Waals surface area contributed by atoms with Crippen molar-refractivity contribution in [3.05, 3.63) is 17.3 Å². The highest BCUT2D eigenvalue weighted by Gasteiger charge is 2.53. The van der Waals surface area contributed by atoms with E-state index < -0.39 is 0 Å². The highest BCUT2D eigenvalue weighted by atomic mass is 32.1. The Bertz CT molecular complexity index is 467. The molecule has 1 heterocycles. The second-order valence-corrected chi connectivity index (χ2v) is 7.73. The van der Waals surface area contributed by atoms with Crippen LogP contribution in [0.2, 0.25) is 0 Å². The van der Waals surface area contributed by atoms with Gasteiger partial charge in [-0.1, -0.05) is 17.9 Å². The molecular formula is C15H20N2S. The van der Waals surface area contributed by atoms with Gasteiger partial charge in [0.15, 0.2) is 0 Å². The fourth-order valence-corrected chi connectivity index (χ4v) is 6.02. The van der Waals surface area contributed by atoms with Crippen LogP contribution < -0.4 is 5.73 Å². The summed E-state index contributed by atoms with van der Waals surface area (Å²) < 4.78 is 0. The highest BCUT2D eigenvalue weighted by molar-refractivity contribution is 7.16. The fraction of sp³-hybridized carbons (Fsp3) is 0.667. The first-order valence-corrected chi connectivity index (χ1v) is 7.89. The first-order chi connectivity index (χ1) is 8.68. The normalized spacial score (nSPS) is 41.2. The Hall–Kier alpha value is -0.830. The highest BCUT2D eigenvalue weighted by Crippen LogP contribution is 2.61. The molecule has 1 aromatic heterocycles. The van der Waals surface area contributed by atoms with Gasteiger partial charge < -0.3 is 5.73 Å². The number of nitrogens with two attached hydrogens (primary N) is 1. The van der Waals surface area contributed by atoms with Crippen LogP contribution in [0.1, 0.15) is 49.2 Å². The van der Waals surface area contributed by atoms with E-state index in [1.54, 1.807) is 11.3 Å². The minimum absolute atomic E-state index is 0.330. The third-order valence-electron chi connectivity index (χ3n) is 5.39. The van der Waals surface area contributed by atoms with Crippen LogP contribution in [0.15, 0.2) is 6.58 Å². The molecule has 0 aromatic carbocycles. The zero-order chi connectivity index (χ0) is 12.3. The summed E-state index contributed by atoms with van der Waals surface area (Å²) in [5.41, 5.74) is 7.80. The number of anilines is 1. The predicted octanol–water partition coefficient (Wildman–Crippen LogP) is 3.84. The van der Waals surface area contributed by atoms with E-state index in [9.17, 15) is 0 Å². The molecule has 3 heteroatoms. The molecule has 0 unspecified atom stereocenters. The van der Waals surface area contributed by atoms with E-state index in [1.165, 1.54) is 44.2 Å². The molecule has 0 saturated heterocycles. The van der Waals surface area contributed by atoms with Crippen LogP contribution in [0.5, 0.6) is 0 Å². The molecule has 4 saturated carbocycles. The van der Waals surface area contributed by atoms with Gasteiger partial charge >= 0.3 is 0 Å². The number of aromatic nitrogens is 1. The molecule has 0 radical (unpaired) electrons. The summed E-state index contributed by atoms with van der Waals surface area (Å²) in [6.45, 7) is 3.82. The molecule has 4 bridgehead atoms. The van der Waals surface area contributed by atoms with Crippen LogP contribution in [-0.4, -0.2) is 4.98 Å². The van der Waals surface area contributed by atoms with Crippen molar-refractivity contribution < 1.29 is 0 Å². The van der Waals surface area contributed by atoms with Crippen LogP contribution >= 0.6 is 11.3 Å². The van der Waals surface area contributed by atoms with Crippen LogP contribution in [0, 0.1) is 17.8 Å². The lowest BCUT2D eigenvalue weighted by molar-refractivity contribution is -0.00659. The van der Waals surface area contributed by atoms with Gasteiger partial charge in [-0.2, -0.15) is 0 Å². The minimum Gasteiger partial charge on any atom is -0.389 e. The molecular weight excluding hydrogens is 240 g/mol. The van der Waals surface area contributed by atoms with Crippen molar-refractivity contribution in [2.24, 2.45) is 17.8 Å². The van der Waals surface area contributed by atoms with E-state index in [2.05, 4.69) is 6.58 Å². The van der Waals surface area contributed by atoms with E-state index in [0.717, 1.165) is 27.8 Å². The van der Waals surface area contributed by atoms with Crippen LogP contribution in [-0.2, 0) is 5.41 Å². The zero-order valence-corrected chi connectivity index (χ0v) is 11.5. The van der Waals surface area contributed by atoms with E-state index in [4.69, 9.17) is 10.7 Å². The molecule has 4 fully saturated rings.